The van der Waals surface area contributed by atoms with Crippen molar-refractivity contribution in [3.63, 3.8) is 0 Å². The summed E-state index contributed by atoms with van der Waals surface area (Å²) >= 11 is 0. The van der Waals surface area contributed by atoms with Gasteiger partial charge < -0.3 is 11.8 Å². The second-order valence-corrected chi connectivity index (χ2v) is 3.55. The predicted octanol–water partition coefficient (Wildman–Crippen LogP) is 2.82. The Hall–Kier alpha value is -1.36. The van der Waals surface area contributed by atoms with E-state index in [0.29, 0.717) is 0 Å². The Kier molecular flexibility index (Phi) is 8.37. The molecule has 0 saturated heterocycles. The number of unbranched alkanes of at least 4 members (excludes halogenated alkanes) is 1. The van der Waals surface area contributed by atoms with Crippen molar-refractivity contribution in [1.29, 1.82) is 5.26 Å². The second-order valence-electron chi connectivity index (χ2n) is 3.55. The lowest BCUT2D eigenvalue weighted by atomic mass is 10.2. The Labute approximate surface area is 93.2 Å². The van der Waals surface area contributed by atoms with Crippen molar-refractivity contribution in [1.82, 2.24) is 0 Å². The molecule has 0 aliphatic rings. The van der Waals surface area contributed by atoms with Crippen LogP contribution in [0.2, 0.25) is 0 Å². The van der Waals surface area contributed by atoms with Gasteiger partial charge in [0.15, 0.2) is 12.4 Å². The van der Waals surface area contributed by atoms with Crippen molar-refractivity contribution in [3.8, 4) is 0 Å². The van der Waals surface area contributed by atoms with Crippen molar-refractivity contribution in [2.75, 3.05) is 0 Å². The molecule has 0 radical (unpaired) electrons. The van der Waals surface area contributed by atoms with E-state index in [1.54, 1.807) is 0 Å². The van der Waals surface area contributed by atoms with Gasteiger partial charge in [0.05, 0.1) is 0 Å². The Bertz CT molecular complexity index is 279. The number of pyridine rings is 1. The minimum atomic E-state index is 1.16. The zero-order valence-corrected chi connectivity index (χ0v) is 9.74. The van der Waals surface area contributed by atoms with Crippen LogP contribution in [0, 0.1) is 11.8 Å². The third-order valence-electron chi connectivity index (χ3n) is 2.23. The molecule has 1 heterocycles. The average Bonchev–Trinajstić information content (AvgIpc) is 2.30. The van der Waals surface area contributed by atoms with Crippen molar-refractivity contribution >= 4 is 0 Å². The molecule has 2 heteroatoms. The molecule has 0 unspecified atom stereocenters. The van der Waals surface area contributed by atoms with Crippen LogP contribution < -0.4 is 4.57 Å². The highest BCUT2D eigenvalue weighted by Crippen LogP contribution is 1.98. The Morgan fingerprint density at radius 3 is 2.60 bits per heavy atom. The lowest BCUT2D eigenvalue weighted by Gasteiger charge is -1.98. The van der Waals surface area contributed by atoms with Crippen LogP contribution in [0.25, 0.3) is 0 Å². The van der Waals surface area contributed by atoms with Crippen LogP contribution >= 0.6 is 0 Å². The highest BCUT2D eigenvalue weighted by atomic mass is 14.9. The van der Waals surface area contributed by atoms with Crippen LogP contribution in [0.1, 0.15) is 38.7 Å². The van der Waals surface area contributed by atoms with Gasteiger partial charge in [-0.3, -0.25) is 0 Å². The molecule has 2 nitrogen and oxygen atoms in total. The zero-order chi connectivity index (χ0) is 11.5. The largest absolute Gasteiger partial charge is 0.512 e. The highest BCUT2D eigenvalue weighted by Gasteiger charge is 2.00. The van der Waals surface area contributed by atoms with E-state index in [1.165, 1.54) is 31.2 Å². The van der Waals surface area contributed by atoms with Gasteiger partial charge in [-0.05, 0) is 12.5 Å². The van der Waals surface area contributed by atoms with Gasteiger partial charge in [-0.25, -0.2) is 4.57 Å². The monoisotopic (exact) mass is 204 g/mol. The number of aryl methyl sites for hydroxylation is 2. The Morgan fingerprint density at radius 1 is 1.27 bits per heavy atom. The summed E-state index contributed by atoms with van der Waals surface area (Å²) in [7, 11) is 0. The van der Waals surface area contributed by atoms with Gasteiger partial charge in [-0.2, -0.15) is 0 Å². The maximum Gasteiger partial charge on any atom is 0.171 e. The summed E-state index contributed by atoms with van der Waals surface area (Å²) in [6, 6.07) is 4.37. The normalized spacial score (nSPS) is 9.07. The molecule has 0 saturated carbocycles. The summed E-state index contributed by atoms with van der Waals surface area (Å²) in [6.07, 6.45) is 9.42. The standard InChI is InChI=1S/C12H20N.CN/c1-3-5-9-13-10-6-8-12(11-13)7-4-2;1-2/h6,8,10-11H,3-5,7,9H2,1-2H3;/q+1;-1. The lowest BCUT2D eigenvalue weighted by molar-refractivity contribution is -0.697. The van der Waals surface area contributed by atoms with E-state index in [9.17, 15) is 0 Å². The molecule has 0 spiro atoms. The van der Waals surface area contributed by atoms with Gasteiger partial charge in [-0.1, -0.05) is 26.7 Å². The molecule has 0 atom stereocenters. The van der Waals surface area contributed by atoms with Crippen LogP contribution in [0.5, 0.6) is 0 Å². The molecule has 15 heavy (non-hydrogen) atoms. The first-order chi connectivity index (χ1) is 7.36. The van der Waals surface area contributed by atoms with Gasteiger partial charge >= 0.3 is 0 Å². The number of rotatable bonds is 5. The Morgan fingerprint density at radius 2 is 2.00 bits per heavy atom. The lowest BCUT2D eigenvalue weighted by Crippen LogP contribution is -2.33. The van der Waals surface area contributed by atoms with Crippen molar-refractivity contribution in [2.45, 2.75) is 46.1 Å². The summed E-state index contributed by atoms with van der Waals surface area (Å²) in [4.78, 5) is 0. The van der Waals surface area contributed by atoms with E-state index in [4.69, 9.17) is 11.8 Å². The molecule has 0 N–H and O–H groups in total. The molecule has 0 aliphatic carbocycles. The second kappa shape index (κ2) is 9.21. The predicted molar refractivity (Wildman–Crippen MR) is 60.5 cm³/mol. The highest BCUT2D eigenvalue weighted by molar-refractivity contribution is 5.04. The smallest absolute Gasteiger partial charge is 0.171 e. The minimum absolute atomic E-state index is 1.16. The molecule has 0 amide bonds. The molecule has 0 aromatic carbocycles. The van der Waals surface area contributed by atoms with Crippen LogP contribution in [-0.4, -0.2) is 0 Å². The van der Waals surface area contributed by atoms with Gasteiger partial charge in [-0.15, -0.1) is 0 Å². The fraction of sp³-hybridized carbons (Fsp3) is 0.538. The van der Waals surface area contributed by atoms with Crippen LogP contribution in [-0.2, 0) is 13.0 Å². The first kappa shape index (κ1) is 13.6. The molecule has 0 fully saturated rings. The van der Waals surface area contributed by atoms with Crippen molar-refractivity contribution in [2.24, 2.45) is 0 Å². The van der Waals surface area contributed by atoms with Gasteiger partial charge in [0, 0.05) is 18.1 Å². The molecule has 1 aromatic heterocycles. The molecule has 1 rings (SSSR count). The summed E-state index contributed by atoms with van der Waals surface area (Å²) in [6.45, 7) is 10.4. The summed E-state index contributed by atoms with van der Waals surface area (Å²) in [5.74, 6) is 0. The Balaban J connectivity index is 0.000000921. The first-order valence-corrected chi connectivity index (χ1v) is 5.57. The zero-order valence-electron chi connectivity index (χ0n) is 9.74. The molecule has 0 aliphatic heterocycles. The van der Waals surface area contributed by atoms with E-state index >= 15 is 0 Å². The van der Waals surface area contributed by atoms with E-state index in [2.05, 4.69) is 42.9 Å². The van der Waals surface area contributed by atoms with E-state index in [-0.39, 0.29) is 0 Å². The number of aromatic nitrogens is 1. The van der Waals surface area contributed by atoms with Crippen molar-refractivity contribution < 1.29 is 4.57 Å². The molecule has 0 bridgehead atoms. The first-order valence-electron chi connectivity index (χ1n) is 5.57. The van der Waals surface area contributed by atoms with Gasteiger partial charge in [0.1, 0.15) is 6.54 Å². The fourth-order valence-electron chi connectivity index (χ4n) is 1.49. The fourth-order valence-corrected chi connectivity index (χ4v) is 1.49. The summed E-state index contributed by atoms with van der Waals surface area (Å²) in [5, 5.41) is 6.25. The number of nitrogens with zero attached hydrogens (tertiary/aromatic N) is 2. The third-order valence-corrected chi connectivity index (χ3v) is 2.23. The molecule has 1 aromatic rings. The van der Waals surface area contributed by atoms with Crippen LogP contribution in [0.4, 0.5) is 0 Å². The molecular weight excluding hydrogens is 184 g/mol. The van der Waals surface area contributed by atoms with Crippen LogP contribution in [0.15, 0.2) is 24.5 Å². The molecule has 82 valence electrons. The van der Waals surface area contributed by atoms with Crippen LogP contribution in [0.3, 0.4) is 0 Å². The minimum Gasteiger partial charge on any atom is -0.512 e. The SMILES string of the molecule is CCCC[n+]1cccc(CCC)c1.[C-]#N. The quantitative estimate of drug-likeness (QED) is 0.535. The number of hydrogen-bond donors (Lipinski definition) is 0. The van der Waals surface area contributed by atoms with E-state index in [0.717, 1.165) is 6.54 Å². The molecular formula is C13H20N2. The maximum absolute atomic E-state index is 6.25. The van der Waals surface area contributed by atoms with Gasteiger partial charge in [0.2, 0.25) is 0 Å². The summed E-state index contributed by atoms with van der Waals surface area (Å²) < 4.78 is 2.30. The number of hydrogen-bond acceptors (Lipinski definition) is 1. The average molecular weight is 204 g/mol. The van der Waals surface area contributed by atoms with E-state index < -0.39 is 0 Å². The third kappa shape index (κ3) is 5.85. The maximum atomic E-state index is 6.25. The van der Waals surface area contributed by atoms with Gasteiger partial charge in [0.25, 0.3) is 0 Å². The van der Waals surface area contributed by atoms with Crippen molar-refractivity contribution in [3.05, 3.63) is 36.7 Å². The topological polar surface area (TPSA) is 27.7 Å². The summed E-state index contributed by atoms with van der Waals surface area (Å²) in [5.41, 5.74) is 1.46. The van der Waals surface area contributed by atoms with E-state index in [1.807, 2.05) is 0 Å².